The molecule has 3 aromatic heterocycles. The Morgan fingerprint density at radius 1 is 1.00 bits per heavy atom. The van der Waals surface area contributed by atoms with Gasteiger partial charge in [0.05, 0.1) is 30.9 Å². The predicted molar refractivity (Wildman–Crippen MR) is 75.9 cm³/mol. The number of hydrogen-bond donors (Lipinski definition) is 0. The van der Waals surface area contributed by atoms with Crippen molar-refractivity contribution in [1.29, 1.82) is 0 Å². The maximum Gasteiger partial charge on any atom is 0.213 e. The van der Waals surface area contributed by atoms with Crippen LogP contribution in [-0.4, -0.2) is 26.9 Å². The van der Waals surface area contributed by atoms with E-state index in [0.717, 1.165) is 22.6 Å². The molecule has 3 heterocycles. The van der Waals surface area contributed by atoms with E-state index in [1.165, 1.54) is 0 Å². The van der Waals surface area contributed by atoms with Crippen LogP contribution < -0.4 is 4.74 Å². The molecule has 0 radical (unpaired) electrons. The average Bonchev–Trinajstić information content (AvgIpc) is 2.97. The fraction of sp³-hybridized carbons (Fsp3) is 0.133. The summed E-state index contributed by atoms with van der Waals surface area (Å²) in [5.41, 5.74) is 3.87. The van der Waals surface area contributed by atoms with Gasteiger partial charge < -0.3 is 4.74 Å². The summed E-state index contributed by atoms with van der Waals surface area (Å²) in [6, 6.07) is 9.71. The number of pyridine rings is 2. The Kier molecular flexibility index (Phi) is 3.16. The van der Waals surface area contributed by atoms with Crippen molar-refractivity contribution in [1.82, 2.24) is 19.7 Å². The van der Waals surface area contributed by atoms with Gasteiger partial charge in [0.25, 0.3) is 0 Å². The Labute approximate surface area is 116 Å². The minimum Gasteiger partial charge on any atom is -0.481 e. The van der Waals surface area contributed by atoms with E-state index in [4.69, 9.17) is 4.74 Å². The highest BCUT2D eigenvalue weighted by Crippen LogP contribution is 2.22. The smallest absolute Gasteiger partial charge is 0.213 e. The summed E-state index contributed by atoms with van der Waals surface area (Å²) in [4.78, 5) is 8.52. The first-order valence-corrected chi connectivity index (χ1v) is 6.25. The molecule has 0 aliphatic carbocycles. The van der Waals surface area contributed by atoms with E-state index in [9.17, 15) is 0 Å². The minimum atomic E-state index is 0.583. The van der Waals surface area contributed by atoms with Crippen LogP contribution in [0, 0.1) is 6.92 Å². The van der Waals surface area contributed by atoms with Gasteiger partial charge in [-0.1, -0.05) is 0 Å². The van der Waals surface area contributed by atoms with Gasteiger partial charge in [-0.05, 0) is 31.2 Å². The molecule has 0 atom stereocenters. The molecule has 3 rings (SSSR count). The Morgan fingerprint density at radius 2 is 1.90 bits per heavy atom. The maximum absolute atomic E-state index is 5.06. The summed E-state index contributed by atoms with van der Waals surface area (Å²) < 4.78 is 6.90. The standard InChI is InChI=1S/C15H14N4O/c1-11-3-4-12(9-16-11)14-7-8-18-19(14)13-5-6-15(20-2)17-10-13/h3-10H,1-2H3. The lowest BCUT2D eigenvalue weighted by Gasteiger charge is -2.08. The highest BCUT2D eigenvalue weighted by atomic mass is 16.5. The van der Waals surface area contributed by atoms with Crippen molar-refractivity contribution in [2.75, 3.05) is 7.11 Å². The number of hydrogen-bond acceptors (Lipinski definition) is 4. The second-order valence-electron chi connectivity index (χ2n) is 4.38. The molecule has 0 aliphatic heterocycles. The van der Waals surface area contributed by atoms with E-state index in [0.29, 0.717) is 5.88 Å². The zero-order valence-corrected chi connectivity index (χ0v) is 11.3. The first kappa shape index (κ1) is 12.3. The molecular formula is C15H14N4O. The quantitative estimate of drug-likeness (QED) is 0.731. The average molecular weight is 266 g/mol. The van der Waals surface area contributed by atoms with Crippen LogP contribution in [0.4, 0.5) is 0 Å². The maximum atomic E-state index is 5.06. The molecule has 3 aromatic rings. The molecule has 0 unspecified atom stereocenters. The third kappa shape index (κ3) is 2.25. The molecule has 0 saturated heterocycles. The van der Waals surface area contributed by atoms with Gasteiger partial charge >= 0.3 is 0 Å². The number of methoxy groups -OCH3 is 1. The van der Waals surface area contributed by atoms with Crippen LogP contribution in [0.25, 0.3) is 16.9 Å². The van der Waals surface area contributed by atoms with Crippen LogP contribution in [0.2, 0.25) is 0 Å². The molecule has 20 heavy (non-hydrogen) atoms. The monoisotopic (exact) mass is 266 g/mol. The van der Waals surface area contributed by atoms with Crippen LogP contribution in [0.3, 0.4) is 0 Å². The Hall–Kier alpha value is -2.69. The zero-order chi connectivity index (χ0) is 13.9. The third-order valence-corrected chi connectivity index (χ3v) is 3.02. The Balaban J connectivity index is 2.02. The van der Waals surface area contributed by atoms with E-state index >= 15 is 0 Å². The molecule has 0 fully saturated rings. The lowest BCUT2D eigenvalue weighted by Crippen LogP contribution is -2.00. The Morgan fingerprint density at radius 3 is 2.55 bits per heavy atom. The van der Waals surface area contributed by atoms with Crippen LogP contribution in [-0.2, 0) is 0 Å². The second-order valence-corrected chi connectivity index (χ2v) is 4.38. The van der Waals surface area contributed by atoms with Gasteiger partial charge in [-0.15, -0.1) is 0 Å². The molecule has 100 valence electrons. The van der Waals surface area contributed by atoms with Crippen LogP contribution in [0.5, 0.6) is 5.88 Å². The second kappa shape index (κ2) is 5.13. The first-order valence-electron chi connectivity index (χ1n) is 6.25. The van der Waals surface area contributed by atoms with Crippen molar-refractivity contribution in [3.8, 4) is 22.8 Å². The predicted octanol–water partition coefficient (Wildman–Crippen LogP) is 2.65. The van der Waals surface area contributed by atoms with Gasteiger partial charge in [0.1, 0.15) is 0 Å². The summed E-state index contributed by atoms with van der Waals surface area (Å²) >= 11 is 0. The van der Waals surface area contributed by atoms with Crippen molar-refractivity contribution >= 4 is 0 Å². The van der Waals surface area contributed by atoms with E-state index in [1.807, 2.05) is 48.1 Å². The summed E-state index contributed by atoms with van der Waals surface area (Å²) in [6.45, 7) is 1.97. The van der Waals surface area contributed by atoms with E-state index in [2.05, 4.69) is 15.1 Å². The van der Waals surface area contributed by atoms with Gasteiger partial charge in [-0.25, -0.2) is 9.67 Å². The number of ether oxygens (including phenoxy) is 1. The van der Waals surface area contributed by atoms with Crippen LogP contribution in [0.1, 0.15) is 5.69 Å². The van der Waals surface area contributed by atoms with Gasteiger partial charge in [0, 0.05) is 23.5 Å². The molecule has 0 aromatic carbocycles. The molecule has 0 bridgehead atoms. The van der Waals surface area contributed by atoms with E-state index in [1.54, 1.807) is 19.5 Å². The number of aromatic nitrogens is 4. The Bertz CT molecular complexity index is 701. The normalized spacial score (nSPS) is 10.5. The summed E-state index contributed by atoms with van der Waals surface area (Å²) in [6.07, 6.45) is 5.34. The van der Waals surface area contributed by atoms with Gasteiger partial charge in [-0.2, -0.15) is 5.10 Å². The third-order valence-electron chi connectivity index (χ3n) is 3.02. The molecule has 0 amide bonds. The molecule has 0 saturated carbocycles. The first-order chi connectivity index (χ1) is 9.78. The van der Waals surface area contributed by atoms with Crippen molar-refractivity contribution in [2.45, 2.75) is 6.92 Å². The lowest BCUT2D eigenvalue weighted by molar-refractivity contribution is 0.397. The lowest BCUT2D eigenvalue weighted by atomic mass is 10.2. The largest absolute Gasteiger partial charge is 0.481 e. The fourth-order valence-electron chi connectivity index (χ4n) is 1.97. The molecule has 5 nitrogen and oxygen atoms in total. The van der Waals surface area contributed by atoms with Crippen molar-refractivity contribution < 1.29 is 4.74 Å². The SMILES string of the molecule is COc1ccc(-n2nccc2-c2ccc(C)nc2)cn1. The summed E-state index contributed by atoms with van der Waals surface area (Å²) in [7, 11) is 1.60. The van der Waals surface area contributed by atoms with E-state index in [-0.39, 0.29) is 0 Å². The van der Waals surface area contributed by atoms with Gasteiger partial charge in [0.15, 0.2) is 0 Å². The zero-order valence-electron chi connectivity index (χ0n) is 11.3. The number of nitrogens with zero attached hydrogens (tertiary/aromatic N) is 4. The highest BCUT2D eigenvalue weighted by molar-refractivity contribution is 5.60. The van der Waals surface area contributed by atoms with E-state index < -0.39 is 0 Å². The highest BCUT2D eigenvalue weighted by Gasteiger charge is 2.08. The number of aryl methyl sites for hydroxylation is 1. The summed E-state index contributed by atoms with van der Waals surface area (Å²) in [5.74, 6) is 0.583. The van der Waals surface area contributed by atoms with Crippen LogP contribution >= 0.6 is 0 Å². The molecule has 0 spiro atoms. The van der Waals surface area contributed by atoms with Crippen molar-refractivity contribution in [3.63, 3.8) is 0 Å². The molecular weight excluding hydrogens is 252 g/mol. The summed E-state index contributed by atoms with van der Waals surface area (Å²) in [5, 5.41) is 4.35. The van der Waals surface area contributed by atoms with Gasteiger partial charge in [-0.3, -0.25) is 4.98 Å². The fourth-order valence-corrected chi connectivity index (χ4v) is 1.97. The minimum absolute atomic E-state index is 0.583. The van der Waals surface area contributed by atoms with Gasteiger partial charge in [0.2, 0.25) is 5.88 Å². The number of rotatable bonds is 3. The molecule has 0 aliphatic rings. The van der Waals surface area contributed by atoms with Crippen molar-refractivity contribution in [3.05, 3.63) is 54.6 Å². The van der Waals surface area contributed by atoms with Crippen molar-refractivity contribution in [2.24, 2.45) is 0 Å². The molecule has 0 N–H and O–H groups in total. The topological polar surface area (TPSA) is 52.8 Å². The molecule has 5 heteroatoms. The van der Waals surface area contributed by atoms with Crippen LogP contribution in [0.15, 0.2) is 48.9 Å².